The topological polar surface area (TPSA) is 97.4 Å². The Balaban J connectivity index is 0.000000396. The van der Waals surface area contributed by atoms with Gasteiger partial charge in [0, 0.05) is 47.9 Å². The molecule has 0 radical (unpaired) electrons. The lowest BCUT2D eigenvalue weighted by atomic mass is 10.0. The van der Waals surface area contributed by atoms with Gasteiger partial charge < -0.3 is 15.0 Å². The molecule has 0 unspecified atom stereocenters. The molecule has 3 aromatic rings. The maximum absolute atomic E-state index is 11.1. The van der Waals surface area contributed by atoms with Crippen LogP contribution in [0.1, 0.15) is 12.6 Å². The molecule has 3 rings (SSSR count). The minimum Gasteiger partial charge on any atom is -0.475 e. The lowest BCUT2D eigenvalue weighted by Gasteiger charge is -2.08. The van der Waals surface area contributed by atoms with Crippen LogP contribution in [0.2, 0.25) is 0 Å². The third-order valence-electron chi connectivity index (χ3n) is 4.36. The Morgan fingerprint density at radius 2 is 1.80 bits per heavy atom. The fourth-order valence-electron chi connectivity index (χ4n) is 2.98. The first kappa shape index (κ1) is 22.9. The van der Waals surface area contributed by atoms with Crippen LogP contribution in [0.3, 0.4) is 0 Å². The molecule has 0 aliphatic carbocycles. The highest BCUT2D eigenvalue weighted by Crippen LogP contribution is 2.36. The molecule has 30 heavy (non-hydrogen) atoms. The second-order valence-corrected chi connectivity index (χ2v) is 6.29. The van der Waals surface area contributed by atoms with Crippen LogP contribution in [0.5, 0.6) is 0 Å². The van der Waals surface area contributed by atoms with Gasteiger partial charge in [0.15, 0.2) is 0 Å². The van der Waals surface area contributed by atoms with Crippen molar-refractivity contribution in [3.05, 3.63) is 64.3 Å². The molecular formula is C20H20F3N3O4. The molecule has 0 aliphatic rings. The molecule has 1 heterocycles. The van der Waals surface area contributed by atoms with Gasteiger partial charge in [0.05, 0.1) is 4.92 Å². The Morgan fingerprint density at radius 1 is 1.20 bits per heavy atom. The Kier molecular flexibility index (Phi) is 7.17. The van der Waals surface area contributed by atoms with Crippen LogP contribution in [-0.2, 0) is 18.4 Å². The number of non-ortho nitro benzene ring substituents is 1. The molecule has 2 aromatic carbocycles. The highest BCUT2D eigenvalue weighted by atomic mass is 19.4. The Hall–Kier alpha value is -3.40. The van der Waals surface area contributed by atoms with Crippen molar-refractivity contribution in [2.75, 3.05) is 6.54 Å². The molecule has 7 nitrogen and oxygen atoms in total. The number of aromatic nitrogens is 1. The summed E-state index contributed by atoms with van der Waals surface area (Å²) in [5.74, 6) is -2.76. The van der Waals surface area contributed by atoms with Crippen molar-refractivity contribution in [3.8, 4) is 11.1 Å². The van der Waals surface area contributed by atoms with E-state index >= 15 is 0 Å². The van der Waals surface area contributed by atoms with E-state index in [2.05, 4.69) is 16.8 Å². The molecule has 10 heteroatoms. The van der Waals surface area contributed by atoms with Gasteiger partial charge in [0.2, 0.25) is 0 Å². The van der Waals surface area contributed by atoms with E-state index in [0.29, 0.717) is 0 Å². The summed E-state index contributed by atoms with van der Waals surface area (Å²) in [5.41, 5.74) is 4.39. The summed E-state index contributed by atoms with van der Waals surface area (Å²) in [6, 6.07) is 15.1. The lowest BCUT2D eigenvalue weighted by molar-refractivity contribution is -0.384. The van der Waals surface area contributed by atoms with Crippen LogP contribution in [0.15, 0.2) is 48.5 Å². The molecule has 0 saturated carbocycles. The number of benzene rings is 2. The number of nitro groups is 1. The molecule has 0 atom stereocenters. The predicted molar refractivity (Wildman–Crippen MR) is 106 cm³/mol. The third kappa shape index (κ3) is 5.15. The molecule has 0 saturated heterocycles. The number of rotatable bonds is 5. The standard InChI is InChI=1S/C18H19N3O2.C2HF3O2/c1-3-19-12-17-18(13-7-5-4-6-8-13)15-11-14(21(22)23)9-10-16(15)20(17)2;3-2(4,5)1(6)7/h4-11,19H,3,12H2,1-2H3;(H,6,7). The first-order valence-electron chi connectivity index (χ1n) is 8.89. The molecule has 2 N–H and O–H groups in total. The number of hydrogen-bond acceptors (Lipinski definition) is 4. The van der Waals surface area contributed by atoms with E-state index in [4.69, 9.17) is 9.90 Å². The Labute approximate surface area is 169 Å². The lowest BCUT2D eigenvalue weighted by Crippen LogP contribution is -2.21. The van der Waals surface area contributed by atoms with Crippen molar-refractivity contribution in [2.45, 2.75) is 19.6 Å². The highest BCUT2D eigenvalue weighted by molar-refractivity contribution is 5.99. The molecule has 1 aromatic heterocycles. The van der Waals surface area contributed by atoms with Crippen molar-refractivity contribution in [1.82, 2.24) is 9.88 Å². The molecule has 0 bridgehead atoms. The second-order valence-electron chi connectivity index (χ2n) is 6.29. The Morgan fingerprint density at radius 3 is 2.30 bits per heavy atom. The van der Waals surface area contributed by atoms with E-state index in [0.717, 1.165) is 40.8 Å². The van der Waals surface area contributed by atoms with E-state index in [-0.39, 0.29) is 10.6 Å². The second kappa shape index (κ2) is 9.40. The quantitative estimate of drug-likeness (QED) is 0.465. The van der Waals surface area contributed by atoms with Gasteiger partial charge in [-0.25, -0.2) is 4.79 Å². The van der Waals surface area contributed by atoms with E-state index in [1.54, 1.807) is 12.1 Å². The van der Waals surface area contributed by atoms with Gasteiger partial charge in [-0.1, -0.05) is 37.3 Å². The summed E-state index contributed by atoms with van der Waals surface area (Å²) in [7, 11) is 2.01. The van der Waals surface area contributed by atoms with E-state index in [1.165, 1.54) is 0 Å². The summed E-state index contributed by atoms with van der Waals surface area (Å²) >= 11 is 0. The van der Waals surface area contributed by atoms with Crippen LogP contribution in [-0.4, -0.2) is 33.3 Å². The highest BCUT2D eigenvalue weighted by Gasteiger charge is 2.38. The maximum atomic E-state index is 11.1. The molecule has 0 fully saturated rings. The molecule has 0 aliphatic heterocycles. The number of fused-ring (bicyclic) bond motifs is 1. The van der Waals surface area contributed by atoms with Gasteiger partial charge in [-0.15, -0.1) is 0 Å². The molecule has 0 spiro atoms. The van der Waals surface area contributed by atoms with Crippen LogP contribution in [0.4, 0.5) is 18.9 Å². The molecule has 0 amide bonds. The number of halogens is 3. The summed E-state index contributed by atoms with van der Waals surface area (Å²) < 4.78 is 33.9. The van der Waals surface area contributed by atoms with Gasteiger partial charge in [0.25, 0.3) is 5.69 Å². The van der Waals surface area contributed by atoms with Crippen LogP contribution in [0, 0.1) is 10.1 Å². The molecule has 160 valence electrons. The number of hydrogen-bond donors (Lipinski definition) is 2. The van der Waals surface area contributed by atoms with Crippen molar-refractivity contribution in [2.24, 2.45) is 7.05 Å². The SMILES string of the molecule is CCNCc1c(-c2ccccc2)c2cc([N+](=O)[O-])ccc2n1C.O=C(O)C(F)(F)F. The van der Waals surface area contributed by atoms with Crippen LogP contribution >= 0.6 is 0 Å². The number of aryl methyl sites for hydroxylation is 1. The van der Waals surface area contributed by atoms with Crippen molar-refractivity contribution in [3.63, 3.8) is 0 Å². The zero-order valence-corrected chi connectivity index (χ0v) is 16.2. The number of alkyl halides is 3. The maximum Gasteiger partial charge on any atom is 0.490 e. The number of carbonyl (C=O) groups is 1. The minimum absolute atomic E-state index is 0.121. The third-order valence-corrected chi connectivity index (χ3v) is 4.36. The van der Waals surface area contributed by atoms with Crippen LogP contribution in [0.25, 0.3) is 22.0 Å². The number of carboxylic acids is 1. The predicted octanol–water partition coefficient (Wildman–Crippen LogP) is 4.50. The summed E-state index contributed by atoms with van der Waals surface area (Å²) in [4.78, 5) is 19.7. The summed E-state index contributed by atoms with van der Waals surface area (Å²) in [5, 5.41) is 22.5. The minimum atomic E-state index is -5.08. The van der Waals surface area contributed by atoms with Gasteiger partial charge in [0.1, 0.15) is 0 Å². The fraction of sp³-hybridized carbons (Fsp3) is 0.250. The van der Waals surface area contributed by atoms with Crippen molar-refractivity contribution in [1.29, 1.82) is 0 Å². The monoisotopic (exact) mass is 423 g/mol. The summed E-state index contributed by atoms with van der Waals surface area (Å²) in [6.45, 7) is 3.66. The van der Waals surface area contributed by atoms with E-state index in [1.807, 2.05) is 43.4 Å². The van der Waals surface area contributed by atoms with E-state index < -0.39 is 12.1 Å². The zero-order valence-electron chi connectivity index (χ0n) is 16.2. The van der Waals surface area contributed by atoms with Gasteiger partial charge >= 0.3 is 12.1 Å². The Bertz CT molecular complexity index is 1050. The average molecular weight is 423 g/mol. The molecular weight excluding hydrogens is 403 g/mol. The average Bonchev–Trinajstić information content (AvgIpc) is 2.98. The van der Waals surface area contributed by atoms with Crippen molar-refractivity contribution < 1.29 is 28.0 Å². The summed E-state index contributed by atoms with van der Waals surface area (Å²) in [6.07, 6.45) is -5.08. The number of nitrogens with zero attached hydrogens (tertiary/aromatic N) is 2. The number of carboxylic acid groups (broad SMARTS) is 1. The first-order chi connectivity index (χ1) is 14.1. The number of nitrogens with one attached hydrogen (secondary N) is 1. The van der Waals surface area contributed by atoms with Gasteiger partial charge in [-0.3, -0.25) is 10.1 Å². The fourth-order valence-corrected chi connectivity index (χ4v) is 2.98. The largest absolute Gasteiger partial charge is 0.490 e. The van der Waals surface area contributed by atoms with Gasteiger partial charge in [-0.05, 0) is 18.2 Å². The van der Waals surface area contributed by atoms with Gasteiger partial charge in [-0.2, -0.15) is 13.2 Å². The van der Waals surface area contributed by atoms with E-state index in [9.17, 15) is 23.3 Å². The number of nitro benzene ring substituents is 1. The van der Waals surface area contributed by atoms with Crippen molar-refractivity contribution >= 4 is 22.6 Å². The van der Waals surface area contributed by atoms with Crippen LogP contribution < -0.4 is 5.32 Å². The zero-order chi connectivity index (χ0) is 22.5. The smallest absolute Gasteiger partial charge is 0.475 e. The normalized spacial score (nSPS) is 11.1. The number of aliphatic carboxylic acids is 1. The first-order valence-corrected chi connectivity index (χ1v) is 8.89.